The molecule has 1 heterocycles. The zero-order valence-corrected chi connectivity index (χ0v) is 29.4. The molecule has 0 spiro atoms. The normalized spacial score (nSPS) is 11.0. The minimum atomic E-state index is -0.870. The van der Waals surface area contributed by atoms with Crippen molar-refractivity contribution < 1.29 is 34.4 Å². The van der Waals surface area contributed by atoms with Crippen molar-refractivity contribution in [2.24, 2.45) is 0 Å². The van der Waals surface area contributed by atoms with Gasteiger partial charge in [0.25, 0.3) is 0 Å². The summed E-state index contributed by atoms with van der Waals surface area (Å²) in [6.07, 6.45) is 2.85. The fourth-order valence-corrected chi connectivity index (χ4v) is 5.96. The summed E-state index contributed by atoms with van der Waals surface area (Å²) in [6.45, 7) is 10.6. The number of aromatic amines is 1. The van der Waals surface area contributed by atoms with Crippen molar-refractivity contribution in [2.75, 3.05) is 59.0 Å². The highest BCUT2D eigenvalue weighted by molar-refractivity contribution is 7.16. The lowest BCUT2D eigenvalue weighted by Gasteiger charge is -2.27. The molecule has 3 aromatic rings. The van der Waals surface area contributed by atoms with Crippen LogP contribution in [0.1, 0.15) is 57.1 Å². The molecule has 0 radical (unpaired) electrons. The maximum Gasteiger partial charge on any atom is 0.305 e. The molecule has 48 heavy (non-hydrogen) atoms. The fourth-order valence-electron chi connectivity index (χ4n) is 4.85. The van der Waals surface area contributed by atoms with Crippen LogP contribution in [0, 0.1) is 0 Å². The van der Waals surface area contributed by atoms with Gasteiger partial charge in [-0.3, -0.25) is 19.2 Å². The van der Waals surface area contributed by atoms with Crippen LogP contribution in [0.25, 0.3) is 10.2 Å². The number of hydrogen-bond donors (Lipinski definition) is 5. The van der Waals surface area contributed by atoms with Crippen molar-refractivity contribution >= 4 is 51.0 Å². The number of fused-ring (bicyclic) bond motifs is 1. The number of ether oxygens (including phenoxy) is 1. The molecule has 14 heteroatoms. The highest BCUT2D eigenvalue weighted by Crippen LogP contribution is 2.27. The smallest absolute Gasteiger partial charge is 0.305 e. The molecule has 0 fully saturated rings. The van der Waals surface area contributed by atoms with Crippen LogP contribution in [0.3, 0.4) is 0 Å². The van der Waals surface area contributed by atoms with Gasteiger partial charge in [-0.05, 0) is 74.6 Å². The second-order valence-electron chi connectivity index (χ2n) is 11.1. The van der Waals surface area contributed by atoms with E-state index in [1.165, 1.54) is 0 Å². The number of carbonyl (C=O) groups is 3. The van der Waals surface area contributed by atoms with Gasteiger partial charge in [-0.2, -0.15) is 0 Å². The third-order valence-corrected chi connectivity index (χ3v) is 8.81. The summed E-state index contributed by atoms with van der Waals surface area (Å²) in [5, 5.41) is 30.4. The van der Waals surface area contributed by atoms with E-state index in [9.17, 15) is 24.3 Å². The van der Waals surface area contributed by atoms with Crippen LogP contribution in [0.2, 0.25) is 5.02 Å². The van der Waals surface area contributed by atoms with Gasteiger partial charge in [-0.15, -0.1) is 0 Å². The topological polar surface area (TPSA) is 172 Å². The first-order valence-corrected chi connectivity index (χ1v) is 17.5. The molecule has 0 saturated heterocycles. The molecule has 0 unspecified atom stereocenters. The van der Waals surface area contributed by atoms with E-state index in [0.29, 0.717) is 69.2 Å². The predicted molar refractivity (Wildman–Crippen MR) is 189 cm³/mol. The van der Waals surface area contributed by atoms with Crippen LogP contribution in [0.15, 0.2) is 41.2 Å². The van der Waals surface area contributed by atoms with Crippen LogP contribution in [0.4, 0.5) is 0 Å². The molecule has 0 aliphatic carbocycles. The molecule has 1 amide bonds. The summed E-state index contributed by atoms with van der Waals surface area (Å²) in [4.78, 5) is 51.3. The van der Waals surface area contributed by atoms with Gasteiger partial charge in [0.1, 0.15) is 11.3 Å². The highest BCUT2D eigenvalue weighted by Gasteiger charge is 2.15. The first-order chi connectivity index (χ1) is 23.0. The average Bonchev–Trinajstić information content (AvgIpc) is 3.45. The van der Waals surface area contributed by atoms with Crippen LogP contribution in [0.5, 0.6) is 5.75 Å². The number of hydrogen-bond acceptors (Lipinski definition) is 9. The number of amides is 1. The fraction of sp³-hybridized carbons (Fsp3) is 0.529. The van der Waals surface area contributed by atoms with Crippen LogP contribution in [-0.2, 0) is 32.0 Å². The summed E-state index contributed by atoms with van der Waals surface area (Å²) in [5.41, 5.74) is 2.63. The summed E-state index contributed by atoms with van der Waals surface area (Å²) in [7, 11) is 0. The Morgan fingerprint density at radius 2 is 1.62 bits per heavy atom. The quantitative estimate of drug-likeness (QED) is 0.0928. The molecule has 0 aliphatic rings. The number of aliphatic carboxylic acids is 2. The van der Waals surface area contributed by atoms with E-state index in [4.69, 9.17) is 26.6 Å². The number of carboxylic acid groups (broad SMARTS) is 2. The number of unbranched alkanes of at least 4 members (excludes halogenated alkanes) is 1. The number of carboxylic acids is 2. The lowest BCUT2D eigenvalue weighted by Crippen LogP contribution is -2.42. The van der Waals surface area contributed by atoms with Crippen molar-refractivity contribution in [3.63, 3.8) is 0 Å². The Morgan fingerprint density at radius 3 is 2.27 bits per heavy atom. The van der Waals surface area contributed by atoms with E-state index in [2.05, 4.69) is 29.0 Å². The largest absolute Gasteiger partial charge is 0.506 e. The first-order valence-electron chi connectivity index (χ1n) is 16.3. The van der Waals surface area contributed by atoms with Gasteiger partial charge in [0.15, 0.2) is 0 Å². The molecular weight excluding hydrogens is 660 g/mol. The van der Waals surface area contributed by atoms with Gasteiger partial charge in [-0.1, -0.05) is 55.0 Å². The molecule has 12 nitrogen and oxygen atoms in total. The van der Waals surface area contributed by atoms with Gasteiger partial charge in [0, 0.05) is 44.0 Å². The molecule has 2 aromatic carbocycles. The van der Waals surface area contributed by atoms with E-state index >= 15 is 0 Å². The Hall–Kier alpha value is -3.49. The number of nitrogens with zero attached hydrogens (tertiary/aromatic N) is 2. The minimum Gasteiger partial charge on any atom is -0.506 e. The maximum absolute atomic E-state index is 13.0. The second-order valence-corrected chi connectivity index (χ2v) is 12.5. The van der Waals surface area contributed by atoms with Crippen molar-refractivity contribution in [1.29, 1.82) is 0 Å². The van der Waals surface area contributed by atoms with Crippen molar-refractivity contribution in [2.45, 2.75) is 58.8 Å². The first kappa shape index (κ1) is 40.7. The van der Waals surface area contributed by atoms with Gasteiger partial charge < -0.3 is 40.2 Å². The van der Waals surface area contributed by atoms with Crippen LogP contribution in [-0.4, -0.2) is 107 Å². The number of thiazole rings is 1. The van der Waals surface area contributed by atoms with Gasteiger partial charge in [0.2, 0.25) is 5.91 Å². The number of rotatable bonds is 22. The number of carbonyl (C=O) groups excluding carboxylic acids is 1. The number of benzene rings is 2. The second kappa shape index (κ2) is 23.0. The number of nitrogens with one attached hydrogen (secondary N) is 2. The highest BCUT2D eigenvalue weighted by atomic mass is 35.5. The molecule has 1 aromatic heterocycles. The number of halogens is 1. The predicted octanol–water partition coefficient (Wildman–Crippen LogP) is 4.62. The Balaban J connectivity index is 0.000000692. The molecular formula is C34H49ClN4O8S. The van der Waals surface area contributed by atoms with Crippen LogP contribution >= 0.6 is 22.9 Å². The number of phenols is 1. The third-order valence-electron chi connectivity index (χ3n) is 7.62. The van der Waals surface area contributed by atoms with Gasteiger partial charge >= 0.3 is 16.8 Å². The van der Waals surface area contributed by atoms with Crippen molar-refractivity contribution in [1.82, 2.24) is 20.1 Å². The summed E-state index contributed by atoms with van der Waals surface area (Å²) in [6, 6.07) is 11.2. The Kier molecular flexibility index (Phi) is 19.5. The Morgan fingerprint density at radius 1 is 0.917 bits per heavy atom. The molecule has 0 aliphatic heterocycles. The van der Waals surface area contributed by atoms with E-state index in [0.717, 1.165) is 59.6 Å². The summed E-state index contributed by atoms with van der Waals surface area (Å²) in [5.74, 6) is -1.55. The molecule has 0 bridgehead atoms. The number of aromatic nitrogens is 1. The van der Waals surface area contributed by atoms with E-state index < -0.39 is 11.9 Å². The molecule has 0 saturated carbocycles. The standard InChI is InChI=1S/C28H39ClN4O4S.C6H10O4/c1-3-32(4-2)16-17-33(25(35)12-19-37-18-11-21-6-5-7-23(29)20-21)15-14-30-13-10-22-8-9-24(34)26-27(22)38-28(36)31-26;7-5(8)3-1-2-4-6(9)10/h5-9,20,30,34H,3-4,10-19H2,1-2H3,(H,31,36);1-4H2,(H,7,8)(H,9,10). The van der Waals surface area contributed by atoms with Crippen LogP contribution < -0.4 is 10.2 Å². The SMILES string of the molecule is CCN(CC)CCN(CCNCCc1ccc(O)c2[nH]c(=O)sc12)C(=O)CCOCCc1cccc(Cl)c1.O=C(O)CCCCC(=O)O. The zero-order valence-electron chi connectivity index (χ0n) is 27.8. The van der Waals surface area contributed by atoms with Gasteiger partial charge in [0.05, 0.1) is 24.3 Å². The summed E-state index contributed by atoms with van der Waals surface area (Å²) < 4.78 is 6.54. The van der Waals surface area contributed by atoms with E-state index in [1.54, 1.807) is 6.07 Å². The molecule has 0 atom stereocenters. The monoisotopic (exact) mass is 708 g/mol. The molecule has 5 N–H and O–H groups in total. The number of aromatic hydroxyl groups is 1. The van der Waals surface area contributed by atoms with Crippen molar-refractivity contribution in [3.05, 3.63) is 62.2 Å². The maximum atomic E-state index is 13.0. The zero-order chi connectivity index (χ0) is 35.3. The Labute approximate surface area is 290 Å². The number of phenolic OH excluding ortho intramolecular Hbond substituents is 1. The van der Waals surface area contributed by atoms with Crippen molar-refractivity contribution in [3.8, 4) is 5.75 Å². The Bertz CT molecular complexity index is 1460. The lowest BCUT2D eigenvalue weighted by atomic mass is 10.1. The molecule has 3 rings (SSSR count). The van der Waals surface area contributed by atoms with E-state index in [-0.39, 0.29) is 29.4 Å². The minimum absolute atomic E-state index is 0.0628. The average molecular weight is 709 g/mol. The number of H-pyrrole nitrogens is 1. The summed E-state index contributed by atoms with van der Waals surface area (Å²) >= 11 is 7.15. The van der Waals surface area contributed by atoms with Gasteiger partial charge in [-0.25, -0.2) is 0 Å². The van der Waals surface area contributed by atoms with E-state index in [1.807, 2.05) is 35.2 Å². The third kappa shape index (κ3) is 16.1. The number of likely N-dealkylation sites (N-methyl/N-ethyl adjacent to an activating group) is 1. The lowest BCUT2D eigenvalue weighted by molar-refractivity contribution is -0.139. The molecule has 266 valence electrons.